The van der Waals surface area contributed by atoms with E-state index < -0.39 is 0 Å². The zero-order chi connectivity index (χ0) is 18.2. The number of benzene rings is 1. The van der Waals surface area contributed by atoms with Gasteiger partial charge in [0.2, 0.25) is 0 Å². The Morgan fingerprint density at radius 2 is 2.04 bits per heavy atom. The summed E-state index contributed by atoms with van der Waals surface area (Å²) < 4.78 is 7.78. The van der Waals surface area contributed by atoms with Crippen LogP contribution in [-0.2, 0) is 17.8 Å². The van der Waals surface area contributed by atoms with Gasteiger partial charge in [-0.25, -0.2) is 4.98 Å². The number of imidazole rings is 1. The Kier molecular flexibility index (Phi) is 9.06. The van der Waals surface area contributed by atoms with E-state index in [1.807, 2.05) is 26.6 Å². The van der Waals surface area contributed by atoms with Crippen molar-refractivity contribution in [1.29, 1.82) is 0 Å². The van der Waals surface area contributed by atoms with Crippen LogP contribution in [0.2, 0.25) is 0 Å². The van der Waals surface area contributed by atoms with E-state index in [0.717, 1.165) is 44.7 Å². The minimum absolute atomic E-state index is 0. The molecule has 1 fully saturated rings. The second-order valence-corrected chi connectivity index (χ2v) is 6.89. The number of rotatable bonds is 9. The number of hydrogen-bond donors (Lipinski definition) is 1. The van der Waals surface area contributed by atoms with Crippen LogP contribution >= 0.6 is 24.0 Å². The molecule has 0 saturated heterocycles. The number of likely N-dealkylation sites (N-methyl/N-ethyl adjacent to an activating group) is 1. The summed E-state index contributed by atoms with van der Waals surface area (Å²) in [6.45, 7) is 4.10. The normalized spacial score (nSPS) is 13.9. The summed E-state index contributed by atoms with van der Waals surface area (Å²) in [5.74, 6) is 1.71. The van der Waals surface area contributed by atoms with Crippen molar-refractivity contribution in [1.82, 2.24) is 19.8 Å². The van der Waals surface area contributed by atoms with E-state index in [-0.39, 0.29) is 24.0 Å². The van der Waals surface area contributed by atoms with Crippen LogP contribution in [0.3, 0.4) is 0 Å². The number of hydrogen-bond acceptors (Lipinski definition) is 3. The van der Waals surface area contributed by atoms with Crippen LogP contribution in [0.4, 0.5) is 0 Å². The highest BCUT2D eigenvalue weighted by molar-refractivity contribution is 14.0. The summed E-state index contributed by atoms with van der Waals surface area (Å²) >= 11 is 0. The molecule has 2 aromatic rings. The van der Waals surface area contributed by atoms with E-state index in [0.29, 0.717) is 0 Å². The molecule has 1 saturated carbocycles. The molecular weight excluding hydrogens is 453 g/mol. The van der Waals surface area contributed by atoms with E-state index in [1.165, 1.54) is 24.0 Å². The molecule has 1 aliphatic rings. The van der Waals surface area contributed by atoms with Crippen LogP contribution in [0.1, 0.15) is 24.0 Å². The lowest BCUT2D eigenvalue weighted by atomic mass is 10.1. The van der Waals surface area contributed by atoms with Crippen molar-refractivity contribution < 1.29 is 4.74 Å². The van der Waals surface area contributed by atoms with Gasteiger partial charge in [-0.05, 0) is 29.9 Å². The monoisotopic (exact) mass is 483 g/mol. The molecular formula is C20H30IN5O. The molecule has 1 N–H and O–H groups in total. The Labute approximate surface area is 179 Å². The summed E-state index contributed by atoms with van der Waals surface area (Å²) in [7, 11) is 3.86. The molecule has 1 aromatic heterocycles. The number of nitrogens with one attached hydrogen (secondary N) is 1. The van der Waals surface area contributed by atoms with Crippen molar-refractivity contribution in [3.8, 4) is 0 Å². The minimum atomic E-state index is 0. The molecule has 1 heterocycles. The fourth-order valence-electron chi connectivity index (χ4n) is 2.76. The summed E-state index contributed by atoms with van der Waals surface area (Å²) in [5.41, 5.74) is 2.50. The van der Waals surface area contributed by atoms with Crippen molar-refractivity contribution in [2.75, 3.05) is 33.9 Å². The second-order valence-electron chi connectivity index (χ2n) is 6.89. The Hall–Kier alpha value is -1.61. The third-order valence-corrected chi connectivity index (χ3v) is 4.59. The largest absolute Gasteiger partial charge is 0.379 e. The fourth-order valence-corrected chi connectivity index (χ4v) is 2.76. The third kappa shape index (κ3) is 7.50. The van der Waals surface area contributed by atoms with Gasteiger partial charge in [0.1, 0.15) is 0 Å². The second kappa shape index (κ2) is 11.3. The van der Waals surface area contributed by atoms with E-state index in [9.17, 15) is 0 Å². The lowest BCUT2D eigenvalue weighted by Crippen LogP contribution is -2.40. The molecule has 0 unspecified atom stereocenters. The fraction of sp³-hybridized carbons (Fsp3) is 0.500. The molecule has 0 spiro atoms. The quantitative estimate of drug-likeness (QED) is 0.258. The van der Waals surface area contributed by atoms with Crippen molar-refractivity contribution in [3.05, 3.63) is 54.1 Å². The summed E-state index contributed by atoms with van der Waals surface area (Å²) in [5, 5.41) is 3.42. The van der Waals surface area contributed by atoms with Crippen molar-refractivity contribution >= 4 is 29.9 Å². The lowest BCUT2D eigenvalue weighted by Gasteiger charge is -2.22. The van der Waals surface area contributed by atoms with E-state index in [4.69, 9.17) is 4.74 Å². The van der Waals surface area contributed by atoms with Crippen LogP contribution in [0.15, 0.2) is 48.0 Å². The molecule has 7 heteroatoms. The van der Waals surface area contributed by atoms with Gasteiger partial charge < -0.3 is 19.5 Å². The summed E-state index contributed by atoms with van der Waals surface area (Å²) in [6.07, 6.45) is 8.28. The molecule has 148 valence electrons. The van der Waals surface area contributed by atoms with Gasteiger partial charge in [0.25, 0.3) is 0 Å². The standard InChI is InChI=1S/C20H29N5O.HI/c1-21-20(24(2)11-12-26-15-19-7-8-19)23-13-17-3-5-18(6-4-17)14-25-10-9-22-16-25;/h3-6,9-10,16,19H,7-8,11-15H2,1-2H3,(H,21,23);1H. The number of halogens is 1. The Bertz CT molecular complexity index is 683. The molecule has 1 aliphatic carbocycles. The van der Waals surface area contributed by atoms with E-state index in [2.05, 4.69) is 49.0 Å². The van der Waals surface area contributed by atoms with Crippen LogP contribution in [-0.4, -0.2) is 54.3 Å². The molecule has 1 aromatic carbocycles. The van der Waals surface area contributed by atoms with Crippen molar-refractivity contribution in [3.63, 3.8) is 0 Å². The maximum Gasteiger partial charge on any atom is 0.193 e. The van der Waals surface area contributed by atoms with E-state index >= 15 is 0 Å². The zero-order valence-corrected chi connectivity index (χ0v) is 18.5. The first-order valence-corrected chi connectivity index (χ1v) is 9.27. The predicted octanol–water partition coefficient (Wildman–Crippen LogP) is 2.98. The molecule has 0 bridgehead atoms. The highest BCUT2D eigenvalue weighted by Gasteiger charge is 2.21. The SMILES string of the molecule is CN=C(NCc1ccc(Cn2ccnc2)cc1)N(C)CCOCC1CC1.I. The van der Waals surface area contributed by atoms with Gasteiger partial charge in [-0.2, -0.15) is 0 Å². The van der Waals surface area contributed by atoms with Gasteiger partial charge in [0, 0.05) is 52.7 Å². The molecule has 6 nitrogen and oxygen atoms in total. The zero-order valence-electron chi connectivity index (χ0n) is 16.2. The number of ether oxygens (including phenoxy) is 1. The number of aromatic nitrogens is 2. The van der Waals surface area contributed by atoms with Crippen molar-refractivity contribution in [2.45, 2.75) is 25.9 Å². The van der Waals surface area contributed by atoms with Crippen LogP contribution in [0, 0.1) is 5.92 Å². The van der Waals surface area contributed by atoms with Gasteiger partial charge in [-0.15, -0.1) is 24.0 Å². The van der Waals surface area contributed by atoms with Gasteiger partial charge in [0.15, 0.2) is 5.96 Å². The van der Waals surface area contributed by atoms with E-state index in [1.54, 1.807) is 6.20 Å². The Balaban J connectivity index is 0.00000261. The molecule has 27 heavy (non-hydrogen) atoms. The summed E-state index contributed by atoms with van der Waals surface area (Å²) in [6, 6.07) is 8.64. The molecule has 0 radical (unpaired) electrons. The maximum absolute atomic E-state index is 5.71. The first kappa shape index (κ1) is 21.7. The highest BCUT2D eigenvalue weighted by Crippen LogP contribution is 2.28. The van der Waals surface area contributed by atoms with Gasteiger partial charge in [-0.3, -0.25) is 4.99 Å². The number of aliphatic imine (C=N–C) groups is 1. The smallest absolute Gasteiger partial charge is 0.193 e. The number of nitrogens with zero attached hydrogens (tertiary/aromatic N) is 4. The minimum Gasteiger partial charge on any atom is -0.379 e. The third-order valence-electron chi connectivity index (χ3n) is 4.59. The highest BCUT2D eigenvalue weighted by atomic mass is 127. The van der Waals surface area contributed by atoms with Gasteiger partial charge in [0.05, 0.1) is 12.9 Å². The maximum atomic E-state index is 5.71. The van der Waals surface area contributed by atoms with Crippen LogP contribution < -0.4 is 5.32 Å². The van der Waals surface area contributed by atoms with Gasteiger partial charge in [-0.1, -0.05) is 24.3 Å². The number of guanidine groups is 1. The first-order chi connectivity index (χ1) is 12.7. The van der Waals surface area contributed by atoms with Crippen LogP contribution in [0.25, 0.3) is 0 Å². The van der Waals surface area contributed by atoms with Crippen LogP contribution in [0.5, 0.6) is 0 Å². The molecule has 3 rings (SSSR count). The Morgan fingerprint density at radius 1 is 1.30 bits per heavy atom. The van der Waals surface area contributed by atoms with Gasteiger partial charge >= 0.3 is 0 Å². The first-order valence-electron chi connectivity index (χ1n) is 9.27. The molecule has 0 amide bonds. The predicted molar refractivity (Wildman–Crippen MR) is 120 cm³/mol. The average Bonchev–Trinajstić information content (AvgIpc) is 3.35. The topological polar surface area (TPSA) is 54.7 Å². The Morgan fingerprint density at radius 3 is 2.67 bits per heavy atom. The molecule has 0 aliphatic heterocycles. The molecule has 0 atom stereocenters. The van der Waals surface area contributed by atoms with Crippen molar-refractivity contribution in [2.24, 2.45) is 10.9 Å². The average molecular weight is 483 g/mol. The summed E-state index contributed by atoms with van der Waals surface area (Å²) in [4.78, 5) is 10.5. The lowest BCUT2D eigenvalue weighted by molar-refractivity contribution is 0.115.